The van der Waals surface area contributed by atoms with Crippen molar-refractivity contribution in [1.82, 2.24) is 0 Å². The van der Waals surface area contributed by atoms with Gasteiger partial charge >= 0.3 is 0 Å². The van der Waals surface area contributed by atoms with Crippen LogP contribution < -0.4 is 0 Å². The van der Waals surface area contributed by atoms with Crippen molar-refractivity contribution in [2.45, 2.75) is 38.5 Å². The van der Waals surface area contributed by atoms with E-state index in [-0.39, 0.29) is 10.8 Å². The standard InChI is InChI=1S/C24H23Br/c1-23(2)18-12-8-9-13-19(18)24(3,4)22-20(25)15-14-17(21(22)23)16-10-6-5-7-11-16/h5-15H,1-4H3. The first kappa shape index (κ1) is 16.6. The van der Waals surface area contributed by atoms with Gasteiger partial charge in [-0.25, -0.2) is 0 Å². The Kier molecular flexibility index (Phi) is 3.70. The van der Waals surface area contributed by atoms with Crippen molar-refractivity contribution in [3.63, 3.8) is 0 Å². The summed E-state index contributed by atoms with van der Waals surface area (Å²) in [7, 11) is 0. The van der Waals surface area contributed by atoms with Gasteiger partial charge < -0.3 is 0 Å². The van der Waals surface area contributed by atoms with Gasteiger partial charge in [0.05, 0.1) is 0 Å². The van der Waals surface area contributed by atoms with Crippen LogP contribution in [0.4, 0.5) is 0 Å². The fourth-order valence-corrected chi connectivity index (χ4v) is 5.36. The van der Waals surface area contributed by atoms with Crippen LogP contribution in [-0.2, 0) is 10.8 Å². The van der Waals surface area contributed by atoms with Gasteiger partial charge in [-0.2, -0.15) is 0 Å². The van der Waals surface area contributed by atoms with Gasteiger partial charge in [-0.15, -0.1) is 0 Å². The molecule has 0 N–H and O–H groups in total. The molecule has 1 aliphatic rings. The number of rotatable bonds is 1. The molecular weight excluding hydrogens is 368 g/mol. The Labute approximate surface area is 159 Å². The lowest BCUT2D eigenvalue weighted by Crippen LogP contribution is -2.37. The summed E-state index contributed by atoms with van der Waals surface area (Å²) >= 11 is 3.87. The number of hydrogen-bond acceptors (Lipinski definition) is 0. The molecule has 0 radical (unpaired) electrons. The van der Waals surface area contributed by atoms with Gasteiger partial charge in [0.15, 0.2) is 0 Å². The Balaban J connectivity index is 2.14. The van der Waals surface area contributed by atoms with Crippen LogP contribution in [0.5, 0.6) is 0 Å². The average Bonchev–Trinajstić information content (AvgIpc) is 2.61. The molecule has 0 unspecified atom stereocenters. The quantitative estimate of drug-likeness (QED) is 0.416. The molecule has 0 atom stereocenters. The van der Waals surface area contributed by atoms with E-state index in [4.69, 9.17) is 0 Å². The second-order valence-corrected chi connectivity index (χ2v) is 8.86. The predicted molar refractivity (Wildman–Crippen MR) is 110 cm³/mol. The van der Waals surface area contributed by atoms with Gasteiger partial charge in [-0.1, -0.05) is 104 Å². The maximum absolute atomic E-state index is 3.87. The summed E-state index contributed by atoms with van der Waals surface area (Å²) in [5.74, 6) is 0. The minimum absolute atomic E-state index is 0.0366. The topological polar surface area (TPSA) is 0 Å². The molecule has 1 heteroatoms. The Morgan fingerprint density at radius 3 is 1.72 bits per heavy atom. The highest BCUT2D eigenvalue weighted by Crippen LogP contribution is 2.54. The lowest BCUT2D eigenvalue weighted by atomic mass is 9.58. The van der Waals surface area contributed by atoms with Crippen molar-refractivity contribution in [3.8, 4) is 11.1 Å². The molecule has 0 nitrogen and oxygen atoms in total. The first-order chi connectivity index (χ1) is 11.8. The Bertz CT molecular complexity index is 949. The first-order valence-electron chi connectivity index (χ1n) is 8.84. The molecule has 0 aromatic heterocycles. The smallest absolute Gasteiger partial charge is 0.0219 e. The molecule has 0 fully saturated rings. The van der Waals surface area contributed by atoms with E-state index in [0.717, 1.165) is 0 Å². The predicted octanol–water partition coefficient (Wildman–Crippen LogP) is 7.08. The van der Waals surface area contributed by atoms with Crippen molar-refractivity contribution in [2.75, 3.05) is 0 Å². The lowest BCUT2D eigenvalue weighted by molar-refractivity contribution is 0.519. The normalized spacial score (nSPS) is 16.8. The van der Waals surface area contributed by atoms with Crippen molar-refractivity contribution in [1.29, 1.82) is 0 Å². The molecule has 0 saturated carbocycles. The molecule has 1 aliphatic carbocycles. The molecule has 126 valence electrons. The Morgan fingerprint density at radius 2 is 1.12 bits per heavy atom. The van der Waals surface area contributed by atoms with Crippen LogP contribution in [0.2, 0.25) is 0 Å². The summed E-state index contributed by atoms with van der Waals surface area (Å²) in [4.78, 5) is 0. The van der Waals surface area contributed by atoms with Crippen LogP contribution in [0.15, 0.2) is 71.2 Å². The van der Waals surface area contributed by atoms with Crippen LogP contribution in [0.25, 0.3) is 11.1 Å². The van der Waals surface area contributed by atoms with Crippen molar-refractivity contribution >= 4 is 15.9 Å². The number of benzene rings is 3. The number of hydrogen-bond donors (Lipinski definition) is 0. The summed E-state index contributed by atoms with van der Waals surface area (Å²) in [6, 6.07) is 24.2. The lowest BCUT2D eigenvalue weighted by Gasteiger charge is -2.45. The fraction of sp³-hybridized carbons (Fsp3) is 0.250. The van der Waals surface area contributed by atoms with Gasteiger partial charge in [0.25, 0.3) is 0 Å². The maximum atomic E-state index is 3.87. The van der Waals surface area contributed by atoms with E-state index in [9.17, 15) is 0 Å². The molecule has 0 heterocycles. The van der Waals surface area contributed by atoms with Crippen LogP contribution in [-0.4, -0.2) is 0 Å². The molecule has 3 aromatic rings. The molecule has 25 heavy (non-hydrogen) atoms. The van der Waals surface area contributed by atoms with E-state index in [0.29, 0.717) is 0 Å². The zero-order valence-electron chi connectivity index (χ0n) is 15.2. The molecule has 0 amide bonds. The third kappa shape index (κ3) is 2.33. The van der Waals surface area contributed by atoms with Gasteiger partial charge in [0.1, 0.15) is 0 Å². The van der Waals surface area contributed by atoms with E-state index in [1.165, 1.54) is 37.9 Å². The van der Waals surface area contributed by atoms with E-state index in [2.05, 4.69) is 110 Å². The van der Waals surface area contributed by atoms with Gasteiger partial charge in [-0.3, -0.25) is 0 Å². The van der Waals surface area contributed by atoms with Crippen LogP contribution >= 0.6 is 15.9 Å². The zero-order valence-corrected chi connectivity index (χ0v) is 16.8. The maximum Gasteiger partial charge on any atom is 0.0219 e. The van der Waals surface area contributed by atoms with Crippen LogP contribution in [0.1, 0.15) is 49.9 Å². The molecule has 3 aromatic carbocycles. The highest BCUT2D eigenvalue weighted by Gasteiger charge is 2.43. The van der Waals surface area contributed by atoms with Crippen molar-refractivity contribution < 1.29 is 0 Å². The van der Waals surface area contributed by atoms with Crippen molar-refractivity contribution in [2.24, 2.45) is 0 Å². The van der Waals surface area contributed by atoms with Gasteiger partial charge in [0, 0.05) is 15.3 Å². The number of halogens is 1. The van der Waals surface area contributed by atoms with Crippen molar-refractivity contribution in [3.05, 3.63) is 93.5 Å². The Hall–Kier alpha value is -1.86. The van der Waals surface area contributed by atoms with Gasteiger partial charge in [0.2, 0.25) is 0 Å². The number of fused-ring (bicyclic) bond motifs is 2. The zero-order chi connectivity index (χ0) is 17.8. The summed E-state index contributed by atoms with van der Waals surface area (Å²) in [5.41, 5.74) is 8.26. The second kappa shape index (κ2) is 5.57. The minimum Gasteiger partial charge on any atom is -0.0622 e. The molecule has 0 bridgehead atoms. The van der Waals surface area contributed by atoms with Crippen LogP contribution in [0.3, 0.4) is 0 Å². The molecule has 4 rings (SSSR count). The monoisotopic (exact) mass is 390 g/mol. The van der Waals surface area contributed by atoms with E-state index in [1.807, 2.05) is 0 Å². The fourth-order valence-electron chi connectivity index (χ4n) is 4.54. The SMILES string of the molecule is CC1(C)c2ccccc2C(C)(C)c2c(-c3ccccc3)ccc(Br)c21. The first-order valence-corrected chi connectivity index (χ1v) is 9.63. The third-order valence-electron chi connectivity index (χ3n) is 5.76. The van der Waals surface area contributed by atoms with Gasteiger partial charge in [-0.05, 0) is 39.4 Å². The summed E-state index contributed by atoms with van der Waals surface area (Å²) < 4.78 is 1.20. The molecule has 0 spiro atoms. The third-order valence-corrected chi connectivity index (χ3v) is 6.42. The highest BCUT2D eigenvalue weighted by atomic mass is 79.9. The molecular formula is C24H23Br. The largest absolute Gasteiger partial charge is 0.0622 e. The highest BCUT2D eigenvalue weighted by molar-refractivity contribution is 9.10. The summed E-state index contributed by atoms with van der Waals surface area (Å²) in [6.45, 7) is 9.41. The minimum atomic E-state index is -0.0452. The van der Waals surface area contributed by atoms with E-state index in [1.54, 1.807) is 0 Å². The summed E-state index contributed by atoms with van der Waals surface area (Å²) in [6.07, 6.45) is 0. The van der Waals surface area contributed by atoms with E-state index >= 15 is 0 Å². The molecule has 0 aliphatic heterocycles. The van der Waals surface area contributed by atoms with Crippen LogP contribution in [0, 0.1) is 0 Å². The summed E-state index contributed by atoms with van der Waals surface area (Å²) in [5, 5.41) is 0. The average molecular weight is 391 g/mol. The second-order valence-electron chi connectivity index (χ2n) is 8.01. The van der Waals surface area contributed by atoms with E-state index < -0.39 is 0 Å². The Morgan fingerprint density at radius 1 is 0.600 bits per heavy atom. The molecule has 0 saturated heterocycles.